The van der Waals surface area contributed by atoms with Gasteiger partial charge in [-0.05, 0) is 18.2 Å². The fourth-order valence-electron chi connectivity index (χ4n) is 1.49. The number of rotatable bonds is 9. The Kier molecular flexibility index (Phi) is 11.2. The van der Waals surface area contributed by atoms with Crippen LogP contribution in [0.5, 0.6) is 5.75 Å². The second-order valence-corrected chi connectivity index (χ2v) is 4.06. The van der Waals surface area contributed by atoms with Gasteiger partial charge in [-0.25, -0.2) is 4.39 Å². The van der Waals surface area contributed by atoms with E-state index in [0.717, 1.165) is 12.1 Å². The molecule has 0 fully saturated rings. The van der Waals surface area contributed by atoms with E-state index in [1.165, 1.54) is 0 Å². The van der Waals surface area contributed by atoms with Gasteiger partial charge in [-0.3, -0.25) is 0 Å². The normalized spacial score (nSPS) is 11.1. The second-order valence-electron chi connectivity index (χ2n) is 4.06. The van der Waals surface area contributed by atoms with Crippen molar-refractivity contribution in [2.24, 2.45) is 0 Å². The largest absolute Gasteiger partial charge is 1.00 e. The summed E-state index contributed by atoms with van der Waals surface area (Å²) in [6.07, 6.45) is 0.436. The van der Waals surface area contributed by atoms with Gasteiger partial charge in [0.2, 0.25) is 0 Å². The SMILES string of the molecule is COCCOCCCOc1ccc(F)cc1[B-](F)(F)F.[K+]. The minimum atomic E-state index is -5.30. The van der Waals surface area contributed by atoms with Crippen molar-refractivity contribution in [3.05, 3.63) is 24.0 Å². The summed E-state index contributed by atoms with van der Waals surface area (Å²) in [5, 5.41) is 0. The van der Waals surface area contributed by atoms with E-state index in [1.54, 1.807) is 7.11 Å². The van der Waals surface area contributed by atoms with Crippen molar-refractivity contribution in [1.29, 1.82) is 0 Å². The topological polar surface area (TPSA) is 27.7 Å². The van der Waals surface area contributed by atoms with Crippen LogP contribution in [-0.4, -0.2) is 40.5 Å². The molecule has 0 aliphatic rings. The Morgan fingerprint density at radius 2 is 1.76 bits per heavy atom. The Labute approximate surface area is 163 Å². The fourth-order valence-corrected chi connectivity index (χ4v) is 1.49. The number of methoxy groups -OCH3 is 1. The van der Waals surface area contributed by atoms with Crippen LogP contribution in [0.4, 0.5) is 17.3 Å². The average Bonchev–Trinajstić information content (AvgIpc) is 2.38. The molecule has 0 heterocycles. The molecule has 1 rings (SSSR count). The Morgan fingerprint density at radius 3 is 2.38 bits per heavy atom. The van der Waals surface area contributed by atoms with Gasteiger partial charge in [0.25, 0.3) is 0 Å². The molecule has 21 heavy (non-hydrogen) atoms. The maximum Gasteiger partial charge on any atom is 1.00 e. The van der Waals surface area contributed by atoms with Gasteiger partial charge in [0, 0.05) is 20.1 Å². The van der Waals surface area contributed by atoms with Crippen molar-refractivity contribution in [2.75, 3.05) is 33.5 Å². The van der Waals surface area contributed by atoms with E-state index in [-0.39, 0.29) is 63.7 Å². The molecule has 0 bridgehead atoms. The first-order valence-electron chi connectivity index (χ1n) is 6.14. The zero-order valence-corrected chi connectivity index (χ0v) is 15.2. The minimum absolute atomic E-state index is 0. The molecule has 0 radical (unpaired) electrons. The van der Waals surface area contributed by atoms with Crippen LogP contribution >= 0.6 is 0 Å². The molecule has 0 aliphatic carbocycles. The summed E-state index contributed by atoms with van der Waals surface area (Å²) in [5.41, 5.74) is -1.05. The predicted molar refractivity (Wildman–Crippen MR) is 67.9 cm³/mol. The Morgan fingerprint density at radius 1 is 1.05 bits per heavy atom. The molecule has 0 spiro atoms. The number of hydrogen-bond donors (Lipinski definition) is 0. The van der Waals surface area contributed by atoms with Crippen molar-refractivity contribution in [1.82, 2.24) is 0 Å². The van der Waals surface area contributed by atoms with Gasteiger partial charge < -0.3 is 27.2 Å². The molecule has 0 N–H and O–H groups in total. The molecule has 0 atom stereocenters. The Balaban J connectivity index is 0.00000400. The van der Waals surface area contributed by atoms with Crippen LogP contribution in [0.2, 0.25) is 0 Å². The first-order valence-corrected chi connectivity index (χ1v) is 6.14. The minimum Gasteiger partial charge on any atom is -0.496 e. The fraction of sp³-hybridized carbons (Fsp3) is 0.500. The molecule has 3 nitrogen and oxygen atoms in total. The monoisotopic (exact) mass is 334 g/mol. The summed E-state index contributed by atoms with van der Waals surface area (Å²) in [7, 11) is 1.54. The maximum atomic E-state index is 12.9. The summed E-state index contributed by atoms with van der Waals surface area (Å²) in [6, 6.07) is 2.38. The molecule has 0 saturated heterocycles. The van der Waals surface area contributed by atoms with Crippen molar-refractivity contribution >= 4 is 12.4 Å². The summed E-state index contributed by atoms with van der Waals surface area (Å²) in [4.78, 5) is 0. The summed E-state index contributed by atoms with van der Waals surface area (Å²) in [6.45, 7) is -4.00. The third kappa shape index (κ3) is 8.53. The Hall–Kier alpha value is 0.361. The van der Waals surface area contributed by atoms with Crippen LogP contribution < -0.4 is 61.6 Å². The van der Waals surface area contributed by atoms with E-state index in [0.29, 0.717) is 32.3 Å². The molecule has 0 unspecified atom stereocenters. The van der Waals surface area contributed by atoms with Crippen molar-refractivity contribution in [3.63, 3.8) is 0 Å². The van der Waals surface area contributed by atoms with Crippen LogP contribution in [0.1, 0.15) is 6.42 Å². The van der Waals surface area contributed by atoms with E-state index in [9.17, 15) is 17.3 Å². The third-order valence-corrected chi connectivity index (χ3v) is 2.45. The quantitative estimate of drug-likeness (QED) is 0.340. The molecule has 9 heteroatoms. The predicted octanol–water partition coefficient (Wildman–Crippen LogP) is -0.684. The van der Waals surface area contributed by atoms with Gasteiger partial charge in [0.1, 0.15) is 5.82 Å². The van der Waals surface area contributed by atoms with Crippen LogP contribution in [0.3, 0.4) is 0 Å². The molecule has 114 valence electrons. The maximum absolute atomic E-state index is 12.9. The van der Waals surface area contributed by atoms with Crippen molar-refractivity contribution < 1.29 is 82.9 Å². The molecule has 1 aromatic rings. The second kappa shape index (κ2) is 11.0. The first kappa shape index (κ1) is 21.4. The van der Waals surface area contributed by atoms with Crippen molar-refractivity contribution in [3.8, 4) is 5.75 Å². The van der Waals surface area contributed by atoms with Gasteiger partial charge in [-0.15, -0.1) is 0 Å². The molecule has 0 aromatic heterocycles. The van der Waals surface area contributed by atoms with Gasteiger partial charge in [0.15, 0.2) is 0 Å². The van der Waals surface area contributed by atoms with Crippen LogP contribution in [-0.2, 0) is 9.47 Å². The number of benzene rings is 1. The average molecular weight is 334 g/mol. The zero-order valence-electron chi connectivity index (χ0n) is 12.1. The van der Waals surface area contributed by atoms with E-state index in [2.05, 4.69) is 0 Å². The third-order valence-electron chi connectivity index (χ3n) is 2.45. The van der Waals surface area contributed by atoms with Gasteiger partial charge in [0.05, 0.1) is 25.6 Å². The van der Waals surface area contributed by atoms with E-state index in [1.807, 2.05) is 0 Å². The standard InChI is InChI=1S/C12H16BF4O3.K/c1-18-7-8-19-5-2-6-20-12-4-3-10(14)9-11(12)13(15,16)17;/h3-4,9H,2,5-8H2,1H3;/q-1;+1. The zero-order chi connectivity index (χ0) is 15.0. The first-order chi connectivity index (χ1) is 9.45. The molecule has 1 aromatic carbocycles. The number of ether oxygens (including phenoxy) is 3. The number of hydrogen-bond acceptors (Lipinski definition) is 3. The summed E-state index contributed by atoms with van der Waals surface area (Å²) < 4.78 is 66.0. The molecule has 0 aliphatic heterocycles. The summed E-state index contributed by atoms with van der Waals surface area (Å²) >= 11 is 0. The van der Waals surface area contributed by atoms with Gasteiger partial charge in [-0.2, -0.15) is 0 Å². The molecular weight excluding hydrogens is 318 g/mol. The summed E-state index contributed by atoms with van der Waals surface area (Å²) in [5.74, 6) is -1.29. The molecule has 0 amide bonds. The smallest absolute Gasteiger partial charge is 0.496 e. The molecular formula is C12H16BF4KO3. The van der Waals surface area contributed by atoms with E-state index in [4.69, 9.17) is 14.2 Å². The number of halogens is 4. The van der Waals surface area contributed by atoms with Crippen LogP contribution in [0.25, 0.3) is 0 Å². The van der Waals surface area contributed by atoms with Crippen LogP contribution in [0.15, 0.2) is 18.2 Å². The van der Waals surface area contributed by atoms with Gasteiger partial charge >= 0.3 is 58.4 Å². The van der Waals surface area contributed by atoms with E-state index >= 15 is 0 Å². The van der Waals surface area contributed by atoms with Crippen LogP contribution in [0, 0.1) is 5.82 Å². The molecule has 0 saturated carbocycles. The van der Waals surface area contributed by atoms with Gasteiger partial charge in [-0.1, -0.05) is 5.46 Å². The van der Waals surface area contributed by atoms with Crippen molar-refractivity contribution in [2.45, 2.75) is 6.42 Å². The Bertz CT molecular complexity index is 418. The van der Waals surface area contributed by atoms with E-state index < -0.39 is 18.3 Å².